The van der Waals surface area contributed by atoms with E-state index in [1.54, 1.807) is 0 Å². The molecule has 2 heteroatoms. The van der Waals surface area contributed by atoms with Crippen molar-refractivity contribution in [1.82, 2.24) is 0 Å². The molecule has 0 aliphatic heterocycles. The second-order valence-corrected chi connectivity index (χ2v) is 8.48. The zero-order valence-corrected chi connectivity index (χ0v) is 12.1. The van der Waals surface area contributed by atoms with Crippen molar-refractivity contribution in [2.24, 2.45) is 34.8 Å². The zero-order chi connectivity index (χ0) is 13.1. The first-order valence-electron chi connectivity index (χ1n) is 8.53. The Hall–Kier alpha value is -0.0800. The molecule has 2 nitrogen and oxygen atoms in total. The third-order valence-corrected chi connectivity index (χ3v) is 7.25. The molecule has 5 saturated carbocycles. The van der Waals surface area contributed by atoms with Crippen molar-refractivity contribution in [2.75, 3.05) is 6.54 Å². The SMILES string of the molecule is NCC1(O)CCC(C23CC4CC(CC(C4)C2)C3)CC1. The van der Waals surface area contributed by atoms with Crippen molar-refractivity contribution in [3.8, 4) is 0 Å². The normalized spacial score (nSPS) is 56.5. The van der Waals surface area contributed by atoms with Gasteiger partial charge in [-0.15, -0.1) is 0 Å². The third-order valence-electron chi connectivity index (χ3n) is 7.25. The Morgan fingerprint density at radius 3 is 1.79 bits per heavy atom. The summed E-state index contributed by atoms with van der Waals surface area (Å²) >= 11 is 0. The molecule has 0 saturated heterocycles. The molecule has 0 amide bonds. The summed E-state index contributed by atoms with van der Waals surface area (Å²) in [6.45, 7) is 0.459. The lowest BCUT2D eigenvalue weighted by Gasteiger charge is -2.61. The molecular formula is C17H29NO. The molecule has 108 valence electrons. The second kappa shape index (κ2) is 4.21. The van der Waals surface area contributed by atoms with Crippen molar-refractivity contribution in [3.05, 3.63) is 0 Å². The topological polar surface area (TPSA) is 46.2 Å². The summed E-state index contributed by atoms with van der Waals surface area (Å²) in [5, 5.41) is 10.4. The van der Waals surface area contributed by atoms with E-state index in [-0.39, 0.29) is 0 Å². The number of hydrogen-bond donors (Lipinski definition) is 2. The van der Waals surface area contributed by atoms with Gasteiger partial charge in [-0.1, -0.05) is 0 Å². The fourth-order valence-corrected chi connectivity index (χ4v) is 6.65. The molecule has 5 aliphatic carbocycles. The lowest BCUT2D eigenvalue weighted by molar-refractivity contribution is -0.112. The highest BCUT2D eigenvalue weighted by Crippen LogP contribution is 2.64. The van der Waals surface area contributed by atoms with Crippen molar-refractivity contribution in [1.29, 1.82) is 0 Å². The van der Waals surface area contributed by atoms with Crippen LogP contribution in [0.25, 0.3) is 0 Å². The smallest absolute Gasteiger partial charge is 0.0769 e. The number of rotatable bonds is 2. The highest BCUT2D eigenvalue weighted by atomic mass is 16.3. The van der Waals surface area contributed by atoms with Crippen LogP contribution in [-0.2, 0) is 0 Å². The van der Waals surface area contributed by atoms with E-state index in [9.17, 15) is 5.11 Å². The molecule has 0 aromatic carbocycles. The second-order valence-electron chi connectivity index (χ2n) is 8.48. The van der Waals surface area contributed by atoms with Crippen LogP contribution in [0.3, 0.4) is 0 Å². The molecule has 0 heterocycles. The van der Waals surface area contributed by atoms with Crippen LogP contribution in [0.15, 0.2) is 0 Å². The summed E-state index contributed by atoms with van der Waals surface area (Å²) in [6.07, 6.45) is 13.6. The Morgan fingerprint density at radius 2 is 1.37 bits per heavy atom. The van der Waals surface area contributed by atoms with E-state index >= 15 is 0 Å². The molecule has 0 spiro atoms. The molecule has 0 aromatic rings. The third kappa shape index (κ3) is 1.98. The number of aliphatic hydroxyl groups is 1. The lowest BCUT2D eigenvalue weighted by Crippen LogP contribution is -2.52. The monoisotopic (exact) mass is 263 g/mol. The highest BCUT2D eigenvalue weighted by molar-refractivity contribution is 5.05. The summed E-state index contributed by atoms with van der Waals surface area (Å²) in [7, 11) is 0. The minimum Gasteiger partial charge on any atom is -0.389 e. The maximum absolute atomic E-state index is 10.4. The maximum atomic E-state index is 10.4. The fraction of sp³-hybridized carbons (Fsp3) is 1.00. The van der Waals surface area contributed by atoms with Crippen LogP contribution in [0, 0.1) is 29.1 Å². The van der Waals surface area contributed by atoms with Crippen LogP contribution in [-0.4, -0.2) is 17.3 Å². The molecular weight excluding hydrogens is 234 g/mol. The van der Waals surface area contributed by atoms with Gasteiger partial charge in [0.15, 0.2) is 0 Å². The first-order chi connectivity index (χ1) is 9.11. The number of hydrogen-bond acceptors (Lipinski definition) is 2. The summed E-state index contributed by atoms with van der Waals surface area (Å²) < 4.78 is 0. The van der Waals surface area contributed by atoms with Gasteiger partial charge < -0.3 is 10.8 Å². The van der Waals surface area contributed by atoms with Gasteiger partial charge in [-0.25, -0.2) is 0 Å². The van der Waals surface area contributed by atoms with Gasteiger partial charge in [0, 0.05) is 6.54 Å². The van der Waals surface area contributed by atoms with Crippen LogP contribution in [0.4, 0.5) is 0 Å². The Morgan fingerprint density at radius 1 is 0.895 bits per heavy atom. The van der Waals surface area contributed by atoms with Gasteiger partial charge >= 0.3 is 0 Å². The summed E-state index contributed by atoms with van der Waals surface area (Å²) in [4.78, 5) is 0. The van der Waals surface area contributed by atoms with E-state index in [2.05, 4.69) is 0 Å². The summed E-state index contributed by atoms with van der Waals surface area (Å²) in [6, 6.07) is 0. The van der Waals surface area contributed by atoms with Crippen molar-refractivity contribution < 1.29 is 5.11 Å². The Bertz CT molecular complexity index is 321. The van der Waals surface area contributed by atoms with Crippen molar-refractivity contribution in [2.45, 2.75) is 69.8 Å². The standard InChI is InChI=1S/C17H29NO/c18-11-17(19)3-1-15(2-4-17)16-8-12-5-13(9-16)7-14(6-12)10-16/h12-15,19H,1-11,18H2. The maximum Gasteiger partial charge on any atom is 0.0769 e. The average molecular weight is 263 g/mol. The Labute approximate surface area is 117 Å². The predicted molar refractivity (Wildman–Crippen MR) is 76.6 cm³/mol. The van der Waals surface area contributed by atoms with Gasteiger partial charge in [0.05, 0.1) is 5.60 Å². The van der Waals surface area contributed by atoms with Gasteiger partial charge in [-0.3, -0.25) is 0 Å². The first-order valence-corrected chi connectivity index (χ1v) is 8.53. The average Bonchev–Trinajstić information content (AvgIpc) is 2.38. The Kier molecular flexibility index (Phi) is 2.80. The molecule has 5 fully saturated rings. The molecule has 19 heavy (non-hydrogen) atoms. The predicted octanol–water partition coefficient (Wildman–Crippen LogP) is 3.08. The summed E-state index contributed by atoms with van der Waals surface area (Å²) in [5.74, 6) is 4.07. The van der Waals surface area contributed by atoms with Crippen LogP contribution in [0.2, 0.25) is 0 Å². The molecule has 5 aliphatic rings. The highest BCUT2D eigenvalue weighted by Gasteiger charge is 2.54. The zero-order valence-electron chi connectivity index (χ0n) is 12.1. The minimum atomic E-state index is -0.529. The van der Waals surface area contributed by atoms with E-state index in [1.165, 1.54) is 51.4 Å². The summed E-state index contributed by atoms with van der Waals surface area (Å²) in [5.41, 5.74) is 5.90. The van der Waals surface area contributed by atoms with Gasteiger partial charge in [-0.05, 0) is 93.3 Å². The van der Waals surface area contributed by atoms with Crippen LogP contribution < -0.4 is 5.73 Å². The fourth-order valence-electron chi connectivity index (χ4n) is 6.65. The molecule has 0 atom stereocenters. The van der Waals surface area contributed by atoms with E-state index < -0.39 is 5.60 Å². The van der Waals surface area contributed by atoms with Gasteiger partial charge in [0.1, 0.15) is 0 Å². The largest absolute Gasteiger partial charge is 0.389 e. The van der Waals surface area contributed by atoms with E-state index in [4.69, 9.17) is 5.73 Å². The van der Waals surface area contributed by atoms with Crippen LogP contribution in [0.5, 0.6) is 0 Å². The molecule has 0 radical (unpaired) electrons. The van der Waals surface area contributed by atoms with Crippen LogP contribution >= 0.6 is 0 Å². The lowest BCUT2D eigenvalue weighted by atomic mass is 9.45. The van der Waals surface area contributed by atoms with E-state index in [0.717, 1.165) is 36.5 Å². The van der Waals surface area contributed by atoms with Crippen molar-refractivity contribution >= 4 is 0 Å². The molecule has 4 bridgehead atoms. The quantitative estimate of drug-likeness (QED) is 0.804. The minimum absolute atomic E-state index is 0.459. The van der Waals surface area contributed by atoms with E-state index in [0.29, 0.717) is 12.0 Å². The van der Waals surface area contributed by atoms with Gasteiger partial charge in [-0.2, -0.15) is 0 Å². The van der Waals surface area contributed by atoms with Gasteiger partial charge in [0.25, 0.3) is 0 Å². The molecule has 0 aromatic heterocycles. The number of nitrogens with two attached hydrogens (primary N) is 1. The van der Waals surface area contributed by atoms with Crippen molar-refractivity contribution in [3.63, 3.8) is 0 Å². The molecule has 5 rings (SSSR count). The van der Waals surface area contributed by atoms with Gasteiger partial charge in [0.2, 0.25) is 0 Å². The first kappa shape index (κ1) is 12.6. The molecule has 0 unspecified atom stereocenters. The van der Waals surface area contributed by atoms with E-state index in [1.807, 2.05) is 0 Å². The Balaban J connectivity index is 1.51. The molecule has 3 N–H and O–H groups in total. The van der Waals surface area contributed by atoms with Crippen LogP contribution in [0.1, 0.15) is 64.2 Å².